The van der Waals surface area contributed by atoms with Crippen molar-refractivity contribution in [3.63, 3.8) is 0 Å². The van der Waals surface area contributed by atoms with Gasteiger partial charge in [-0.3, -0.25) is 0 Å². The second-order valence-electron chi connectivity index (χ2n) is 3.57. The van der Waals surface area contributed by atoms with Crippen LogP contribution in [-0.2, 0) is 0 Å². The number of hydrogen-bond acceptors (Lipinski definition) is 3. The van der Waals surface area contributed by atoms with Gasteiger partial charge in [-0.05, 0) is 41.4 Å². The third-order valence-corrected chi connectivity index (χ3v) is 2.31. The second-order valence-corrected chi connectivity index (χ2v) is 4.81. The molecule has 0 aliphatic heterocycles. The molecule has 0 saturated carbocycles. The first-order chi connectivity index (χ1) is 6.68. The molecular weight excluding hydrogens is 291 g/mol. The standard InChI is InChI=1S/C10H15IN2O/c1-8(2)4-3-5-14-10-12-6-9(11)7-13-10/h6-8H,3-5H2,1-2H3. The zero-order chi connectivity index (χ0) is 10.4. The lowest BCUT2D eigenvalue weighted by molar-refractivity contribution is 0.275. The first-order valence-corrected chi connectivity index (χ1v) is 5.86. The molecule has 0 saturated heterocycles. The molecule has 0 aliphatic rings. The molecule has 0 fully saturated rings. The molecular formula is C10H15IN2O. The Labute approximate surface area is 98.4 Å². The summed E-state index contributed by atoms with van der Waals surface area (Å²) in [6.45, 7) is 5.13. The van der Waals surface area contributed by atoms with Gasteiger partial charge in [-0.15, -0.1) is 0 Å². The van der Waals surface area contributed by atoms with Crippen molar-refractivity contribution in [1.82, 2.24) is 9.97 Å². The summed E-state index contributed by atoms with van der Waals surface area (Å²) in [4.78, 5) is 8.11. The topological polar surface area (TPSA) is 35.0 Å². The normalized spacial score (nSPS) is 10.6. The highest BCUT2D eigenvalue weighted by atomic mass is 127. The molecule has 0 bridgehead atoms. The average molecular weight is 306 g/mol. The summed E-state index contributed by atoms with van der Waals surface area (Å²) < 4.78 is 6.41. The summed E-state index contributed by atoms with van der Waals surface area (Å²) >= 11 is 2.17. The van der Waals surface area contributed by atoms with Crippen LogP contribution >= 0.6 is 22.6 Å². The SMILES string of the molecule is CC(C)CCCOc1ncc(I)cn1. The van der Waals surface area contributed by atoms with Crippen LogP contribution in [0.3, 0.4) is 0 Å². The summed E-state index contributed by atoms with van der Waals surface area (Å²) in [6, 6.07) is 0.481. The molecule has 0 radical (unpaired) electrons. The van der Waals surface area contributed by atoms with E-state index in [1.165, 1.54) is 6.42 Å². The van der Waals surface area contributed by atoms with E-state index in [9.17, 15) is 0 Å². The van der Waals surface area contributed by atoms with Gasteiger partial charge in [-0.1, -0.05) is 13.8 Å². The molecule has 1 aromatic rings. The van der Waals surface area contributed by atoms with Crippen LogP contribution in [0, 0.1) is 9.49 Å². The lowest BCUT2D eigenvalue weighted by atomic mass is 10.1. The number of hydrogen-bond donors (Lipinski definition) is 0. The molecule has 0 spiro atoms. The highest BCUT2D eigenvalue weighted by Crippen LogP contribution is 2.07. The van der Waals surface area contributed by atoms with Crippen LogP contribution in [0.5, 0.6) is 6.01 Å². The van der Waals surface area contributed by atoms with Gasteiger partial charge >= 0.3 is 6.01 Å². The van der Waals surface area contributed by atoms with Crippen LogP contribution in [0.1, 0.15) is 26.7 Å². The fourth-order valence-corrected chi connectivity index (χ4v) is 1.31. The number of rotatable bonds is 5. The quantitative estimate of drug-likeness (QED) is 0.620. The number of ether oxygens (including phenoxy) is 1. The Hall–Kier alpha value is -0.390. The van der Waals surface area contributed by atoms with Gasteiger partial charge in [0.25, 0.3) is 0 Å². The van der Waals surface area contributed by atoms with Crippen molar-refractivity contribution in [2.45, 2.75) is 26.7 Å². The minimum atomic E-state index is 0.481. The van der Waals surface area contributed by atoms with Gasteiger partial charge in [0.1, 0.15) is 0 Å². The fourth-order valence-electron chi connectivity index (χ4n) is 1.03. The maximum absolute atomic E-state index is 5.39. The summed E-state index contributed by atoms with van der Waals surface area (Å²) in [5, 5.41) is 0. The maximum atomic E-state index is 5.39. The van der Waals surface area contributed by atoms with Gasteiger partial charge in [0, 0.05) is 16.0 Å². The number of nitrogens with zero attached hydrogens (tertiary/aromatic N) is 2. The Kier molecular flexibility index (Phi) is 5.14. The molecule has 1 heterocycles. The molecule has 0 unspecified atom stereocenters. The van der Waals surface area contributed by atoms with Crippen LogP contribution in [0.15, 0.2) is 12.4 Å². The van der Waals surface area contributed by atoms with Crippen molar-refractivity contribution in [2.75, 3.05) is 6.61 Å². The predicted molar refractivity (Wildman–Crippen MR) is 64.3 cm³/mol. The van der Waals surface area contributed by atoms with Crippen LogP contribution in [0.25, 0.3) is 0 Å². The predicted octanol–water partition coefficient (Wildman–Crippen LogP) is 2.90. The first kappa shape index (κ1) is 11.7. The summed E-state index contributed by atoms with van der Waals surface area (Å²) in [6.07, 6.45) is 5.76. The van der Waals surface area contributed by atoms with E-state index in [0.29, 0.717) is 12.6 Å². The first-order valence-electron chi connectivity index (χ1n) is 4.79. The van der Waals surface area contributed by atoms with Crippen molar-refractivity contribution in [2.24, 2.45) is 5.92 Å². The van der Waals surface area contributed by atoms with Crippen molar-refractivity contribution < 1.29 is 4.74 Å². The van der Waals surface area contributed by atoms with E-state index in [2.05, 4.69) is 46.4 Å². The van der Waals surface area contributed by atoms with E-state index < -0.39 is 0 Å². The molecule has 1 rings (SSSR count). The van der Waals surface area contributed by atoms with Crippen LogP contribution in [0.2, 0.25) is 0 Å². The molecule has 0 N–H and O–H groups in total. The molecule has 0 aliphatic carbocycles. The van der Waals surface area contributed by atoms with Crippen molar-refractivity contribution in [3.8, 4) is 6.01 Å². The number of halogens is 1. The Bertz CT molecular complexity index is 261. The van der Waals surface area contributed by atoms with E-state index in [1.54, 1.807) is 12.4 Å². The monoisotopic (exact) mass is 306 g/mol. The van der Waals surface area contributed by atoms with Crippen molar-refractivity contribution in [1.29, 1.82) is 0 Å². The molecule has 3 nitrogen and oxygen atoms in total. The maximum Gasteiger partial charge on any atom is 0.316 e. The van der Waals surface area contributed by atoms with E-state index >= 15 is 0 Å². The molecule has 78 valence electrons. The molecule has 0 atom stereocenters. The second kappa shape index (κ2) is 6.16. The van der Waals surface area contributed by atoms with Gasteiger partial charge in [-0.2, -0.15) is 0 Å². The van der Waals surface area contributed by atoms with E-state index in [0.717, 1.165) is 15.9 Å². The van der Waals surface area contributed by atoms with E-state index in [1.807, 2.05) is 0 Å². The van der Waals surface area contributed by atoms with Gasteiger partial charge in [0.15, 0.2) is 0 Å². The van der Waals surface area contributed by atoms with Gasteiger partial charge in [-0.25, -0.2) is 9.97 Å². The van der Waals surface area contributed by atoms with Crippen LogP contribution < -0.4 is 4.74 Å². The van der Waals surface area contributed by atoms with Gasteiger partial charge < -0.3 is 4.74 Å². The van der Waals surface area contributed by atoms with Crippen LogP contribution in [-0.4, -0.2) is 16.6 Å². The van der Waals surface area contributed by atoms with E-state index in [4.69, 9.17) is 4.74 Å². The highest BCUT2D eigenvalue weighted by molar-refractivity contribution is 14.1. The Morgan fingerprint density at radius 3 is 2.57 bits per heavy atom. The lowest BCUT2D eigenvalue weighted by Gasteiger charge is -2.05. The third-order valence-electron chi connectivity index (χ3n) is 1.75. The minimum absolute atomic E-state index is 0.481. The zero-order valence-corrected chi connectivity index (χ0v) is 10.7. The summed E-state index contributed by atoms with van der Waals surface area (Å²) in [5.74, 6) is 0.733. The van der Waals surface area contributed by atoms with E-state index in [-0.39, 0.29) is 0 Å². The minimum Gasteiger partial charge on any atom is -0.463 e. The van der Waals surface area contributed by atoms with Crippen LogP contribution in [0.4, 0.5) is 0 Å². The largest absolute Gasteiger partial charge is 0.463 e. The molecule has 4 heteroatoms. The average Bonchev–Trinajstić information content (AvgIpc) is 2.15. The highest BCUT2D eigenvalue weighted by Gasteiger charge is 1.98. The molecule has 0 aromatic carbocycles. The Morgan fingerprint density at radius 1 is 1.36 bits per heavy atom. The lowest BCUT2D eigenvalue weighted by Crippen LogP contribution is -2.02. The summed E-state index contributed by atoms with van der Waals surface area (Å²) in [7, 11) is 0. The van der Waals surface area contributed by atoms with Crippen molar-refractivity contribution >= 4 is 22.6 Å². The summed E-state index contributed by atoms with van der Waals surface area (Å²) in [5.41, 5.74) is 0. The van der Waals surface area contributed by atoms with Gasteiger partial charge in [0.2, 0.25) is 0 Å². The van der Waals surface area contributed by atoms with Gasteiger partial charge in [0.05, 0.1) is 6.61 Å². The number of aromatic nitrogens is 2. The van der Waals surface area contributed by atoms with Crippen molar-refractivity contribution in [3.05, 3.63) is 16.0 Å². The molecule has 1 aromatic heterocycles. The fraction of sp³-hybridized carbons (Fsp3) is 0.600. The Morgan fingerprint density at radius 2 is 2.00 bits per heavy atom. The third kappa shape index (κ3) is 4.74. The molecule has 0 amide bonds. The smallest absolute Gasteiger partial charge is 0.316 e. The Balaban J connectivity index is 2.21. The molecule has 14 heavy (non-hydrogen) atoms. The zero-order valence-electron chi connectivity index (χ0n) is 8.53.